The van der Waals surface area contributed by atoms with Crippen molar-refractivity contribution in [2.45, 2.75) is 19.8 Å². The zero-order valence-electron chi connectivity index (χ0n) is 11.4. The van der Waals surface area contributed by atoms with Crippen molar-refractivity contribution in [3.63, 3.8) is 0 Å². The number of carbonyl (C=O) groups is 2. The van der Waals surface area contributed by atoms with Gasteiger partial charge in [-0.25, -0.2) is 0 Å². The summed E-state index contributed by atoms with van der Waals surface area (Å²) in [4.78, 5) is 29.8. The van der Waals surface area contributed by atoms with E-state index in [1.54, 1.807) is 6.92 Å². The first-order chi connectivity index (χ1) is 8.58. The van der Waals surface area contributed by atoms with Gasteiger partial charge in [0.05, 0.1) is 5.92 Å². The van der Waals surface area contributed by atoms with E-state index in [1.807, 2.05) is 9.80 Å². The van der Waals surface area contributed by atoms with Crippen LogP contribution >= 0.6 is 0 Å². The van der Waals surface area contributed by atoms with Crippen molar-refractivity contribution in [1.82, 2.24) is 14.7 Å². The molecule has 0 radical (unpaired) electrons. The van der Waals surface area contributed by atoms with Crippen LogP contribution in [-0.4, -0.2) is 72.8 Å². The summed E-state index contributed by atoms with van der Waals surface area (Å²) in [5.74, 6) is 0.353. The third kappa shape index (κ3) is 3.02. The van der Waals surface area contributed by atoms with E-state index in [4.69, 9.17) is 0 Å². The molecule has 0 N–H and O–H groups in total. The molecule has 2 saturated heterocycles. The number of likely N-dealkylation sites (tertiary alicyclic amines) is 1. The van der Waals surface area contributed by atoms with Crippen LogP contribution in [0.2, 0.25) is 0 Å². The average molecular weight is 253 g/mol. The van der Waals surface area contributed by atoms with Crippen molar-refractivity contribution in [3.05, 3.63) is 0 Å². The Hall–Kier alpha value is -1.10. The predicted molar refractivity (Wildman–Crippen MR) is 69.1 cm³/mol. The lowest BCUT2D eigenvalue weighted by Crippen LogP contribution is -2.52. The first-order valence-electron chi connectivity index (χ1n) is 6.81. The van der Waals surface area contributed by atoms with Gasteiger partial charge in [-0.3, -0.25) is 9.59 Å². The Kier molecular flexibility index (Phi) is 4.22. The minimum absolute atomic E-state index is 0.0195. The Morgan fingerprint density at radius 3 is 2.28 bits per heavy atom. The topological polar surface area (TPSA) is 43.9 Å². The van der Waals surface area contributed by atoms with Gasteiger partial charge < -0.3 is 14.7 Å². The van der Waals surface area contributed by atoms with Gasteiger partial charge >= 0.3 is 0 Å². The minimum Gasteiger partial charge on any atom is -0.342 e. The van der Waals surface area contributed by atoms with E-state index in [2.05, 4.69) is 11.9 Å². The summed E-state index contributed by atoms with van der Waals surface area (Å²) in [5, 5.41) is 0. The molecule has 0 aliphatic carbocycles. The largest absolute Gasteiger partial charge is 0.342 e. The zero-order chi connectivity index (χ0) is 13.1. The minimum atomic E-state index is 0.0195. The second-order valence-corrected chi connectivity index (χ2v) is 5.43. The molecule has 0 aromatic heterocycles. The summed E-state index contributed by atoms with van der Waals surface area (Å²) in [5.41, 5.74) is 0. The summed E-state index contributed by atoms with van der Waals surface area (Å²) in [7, 11) is 2.08. The molecule has 2 rings (SSSR count). The van der Waals surface area contributed by atoms with Gasteiger partial charge in [0.25, 0.3) is 0 Å². The Labute approximate surface area is 109 Å². The number of nitrogens with zero attached hydrogens (tertiary/aromatic N) is 3. The van der Waals surface area contributed by atoms with Crippen LogP contribution in [0.15, 0.2) is 0 Å². The van der Waals surface area contributed by atoms with Crippen LogP contribution in [0.25, 0.3) is 0 Å². The summed E-state index contributed by atoms with van der Waals surface area (Å²) in [6.07, 6.45) is 1.87. The van der Waals surface area contributed by atoms with Gasteiger partial charge in [-0.05, 0) is 19.9 Å². The van der Waals surface area contributed by atoms with Crippen molar-refractivity contribution in [2.24, 2.45) is 5.92 Å². The van der Waals surface area contributed by atoms with Crippen LogP contribution < -0.4 is 0 Å². The van der Waals surface area contributed by atoms with Gasteiger partial charge in [0, 0.05) is 46.2 Å². The fourth-order valence-corrected chi connectivity index (χ4v) is 2.75. The van der Waals surface area contributed by atoms with Crippen LogP contribution in [0.3, 0.4) is 0 Å². The molecular formula is C13H23N3O2. The van der Waals surface area contributed by atoms with Gasteiger partial charge in [0.1, 0.15) is 0 Å². The standard InChI is InChI=1S/C13H23N3O2/c1-11(17)16-5-3-4-12(10-16)13(18)15-8-6-14(2)7-9-15/h12H,3-10H2,1-2H3. The summed E-state index contributed by atoms with van der Waals surface area (Å²) < 4.78 is 0. The van der Waals surface area contributed by atoms with E-state index < -0.39 is 0 Å². The lowest BCUT2D eigenvalue weighted by molar-refractivity contribution is -0.141. The highest BCUT2D eigenvalue weighted by atomic mass is 16.2. The molecule has 0 saturated carbocycles. The third-order valence-electron chi connectivity index (χ3n) is 4.03. The molecule has 2 fully saturated rings. The third-order valence-corrected chi connectivity index (χ3v) is 4.03. The molecule has 5 nitrogen and oxygen atoms in total. The maximum atomic E-state index is 12.4. The highest BCUT2D eigenvalue weighted by Crippen LogP contribution is 2.19. The molecule has 2 amide bonds. The highest BCUT2D eigenvalue weighted by Gasteiger charge is 2.31. The smallest absolute Gasteiger partial charge is 0.227 e. The van der Waals surface area contributed by atoms with E-state index in [9.17, 15) is 9.59 Å². The molecule has 1 unspecified atom stereocenters. The number of amides is 2. The molecular weight excluding hydrogens is 230 g/mol. The van der Waals surface area contributed by atoms with Crippen molar-refractivity contribution in [3.8, 4) is 0 Å². The Morgan fingerprint density at radius 2 is 1.67 bits per heavy atom. The second-order valence-electron chi connectivity index (χ2n) is 5.43. The number of hydrogen-bond donors (Lipinski definition) is 0. The number of rotatable bonds is 1. The summed E-state index contributed by atoms with van der Waals surface area (Å²) in [6.45, 7) is 6.56. The molecule has 1 atom stereocenters. The molecule has 0 spiro atoms. The molecule has 0 aromatic carbocycles. The van der Waals surface area contributed by atoms with E-state index in [-0.39, 0.29) is 17.7 Å². The van der Waals surface area contributed by atoms with Crippen LogP contribution in [0.5, 0.6) is 0 Å². The maximum absolute atomic E-state index is 12.4. The van der Waals surface area contributed by atoms with Crippen LogP contribution in [0, 0.1) is 5.92 Å². The molecule has 102 valence electrons. The van der Waals surface area contributed by atoms with E-state index in [1.165, 1.54) is 0 Å². The number of hydrogen-bond acceptors (Lipinski definition) is 3. The molecule has 0 aromatic rings. The lowest BCUT2D eigenvalue weighted by Gasteiger charge is -2.37. The molecule has 18 heavy (non-hydrogen) atoms. The predicted octanol–water partition coefficient (Wildman–Crippen LogP) is 0.0189. The van der Waals surface area contributed by atoms with E-state index in [0.29, 0.717) is 6.54 Å². The number of likely N-dealkylation sites (N-methyl/N-ethyl adjacent to an activating group) is 1. The molecule has 5 heteroatoms. The monoisotopic (exact) mass is 253 g/mol. The van der Waals surface area contributed by atoms with Gasteiger partial charge in [0.2, 0.25) is 11.8 Å². The first-order valence-corrected chi connectivity index (χ1v) is 6.81. The van der Waals surface area contributed by atoms with Crippen molar-refractivity contribution in [2.75, 3.05) is 46.3 Å². The SMILES string of the molecule is CC(=O)N1CCCC(C(=O)N2CCN(C)CC2)C1. The van der Waals surface area contributed by atoms with Crippen molar-refractivity contribution < 1.29 is 9.59 Å². The number of piperazine rings is 1. The van der Waals surface area contributed by atoms with Gasteiger partial charge in [0.15, 0.2) is 0 Å². The fraction of sp³-hybridized carbons (Fsp3) is 0.846. The first kappa shape index (κ1) is 13.3. The normalized spacial score (nSPS) is 26.2. The van der Waals surface area contributed by atoms with Crippen molar-refractivity contribution >= 4 is 11.8 Å². The van der Waals surface area contributed by atoms with Crippen LogP contribution in [0.1, 0.15) is 19.8 Å². The number of piperidine rings is 1. The Bertz CT molecular complexity index is 324. The molecule has 2 heterocycles. The van der Waals surface area contributed by atoms with E-state index in [0.717, 1.165) is 45.6 Å². The molecule has 2 aliphatic heterocycles. The molecule has 2 aliphatic rings. The van der Waals surface area contributed by atoms with Gasteiger partial charge in [-0.2, -0.15) is 0 Å². The summed E-state index contributed by atoms with van der Waals surface area (Å²) in [6, 6.07) is 0. The van der Waals surface area contributed by atoms with Crippen molar-refractivity contribution in [1.29, 1.82) is 0 Å². The fourth-order valence-electron chi connectivity index (χ4n) is 2.75. The van der Waals surface area contributed by atoms with Gasteiger partial charge in [-0.1, -0.05) is 0 Å². The van der Waals surface area contributed by atoms with Crippen LogP contribution in [0.4, 0.5) is 0 Å². The zero-order valence-corrected chi connectivity index (χ0v) is 11.4. The lowest BCUT2D eigenvalue weighted by atomic mass is 9.96. The van der Waals surface area contributed by atoms with Gasteiger partial charge in [-0.15, -0.1) is 0 Å². The quantitative estimate of drug-likeness (QED) is 0.662. The molecule has 0 bridgehead atoms. The summed E-state index contributed by atoms with van der Waals surface area (Å²) >= 11 is 0. The maximum Gasteiger partial charge on any atom is 0.227 e. The van der Waals surface area contributed by atoms with E-state index >= 15 is 0 Å². The Morgan fingerprint density at radius 1 is 1.00 bits per heavy atom. The average Bonchev–Trinajstić information content (AvgIpc) is 2.39. The Balaban J connectivity index is 1.90. The second kappa shape index (κ2) is 5.69. The highest BCUT2D eigenvalue weighted by molar-refractivity contribution is 5.81. The van der Waals surface area contributed by atoms with Crippen LogP contribution in [-0.2, 0) is 9.59 Å². The number of carbonyl (C=O) groups excluding carboxylic acids is 2.